The molecule has 0 spiro atoms. The van der Waals surface area contributed by atoms with Gasteiger partial charge in [-0.2, -0.15) is 0 Å². The van der Waals surface area contributed by atoms with Gasteiger partial charge in [0.1, 0.15) is 0 Å². The van der Waals surface area contributed by atoms with Crippen LogP contribution in [0.5, 0.6) is 0 Å². The highest BCUT2D eigenvalue weighted by atomic mass is 35.5. The van der Waals surface area contributed by atoms with E-state index in [1.54, 1.807) is 4.90 Å². The summed E-state index contributed by atoms with van der Waals surface area (Å²) in [6.07, 6.45) is 3.38. The van der Waals surface area contributed by atoms with Gasteiger partial charge < -0.3 is 4.90 Å². The molecule has 1 saturated heterocycles. The van der Waals surface area contributed by atoms with Gasteiger partial charge in [0.25, 0.3) is 5.91 Å². The number of halogens is 3. The molecule has 11 heteroatoms. The third kappa shape index (κ3) is 4.59. The maximum atomic E-state index is 14.0. The van der Waals surface area contributed by atoms with Crippen molar-refractivity contribution in [2.45, 2.75) is 37.4 Å². The number of carbonyl (C=O) groups is 2. The van der Waals surface area contributed by atoms with E-state index in [2.05, 4.69) is 0 Å². The zero-order valence-electron chi connectivity index (χ0n) is 14.9. The van der Waals surface area contributed by atoms with Gasteiger partial charge in [0.2, 0.25) is 15.9 Å². The van der Waals surface area contributed by atoms with Gasteiger partial charge in [0, 0.05) is 24.0 Å². The van der Waals surface area contributed by atoms with Crippen LogP contribution in [0.2, 0.25) is 10.0 Å². The van der Waals surface area contributed by atoms with Crippen LogP contribution in [0.4, 0.5) is 4.39 Å². The van der Waals surface area contributed by atoms with Gasteiger partial charge in [-0.25, -0.2) is 12.8 Å². The summed E-state index contributed by atoms with van der Waals surface area (Å²) in [7, 11) is -3.89. The lowest BCUT2D eigenvalue weighted by atomic mass is 9.84. The second-order valence-electron chi connectivity index (χ2n) is 7.00. The number of benzene rings is 1. The highest BCUT2D eigenvalue weighted by Crippen LogP contribution is 2.30. The Kier molecular flexibility index (Phi) is 6.48. The molecular formula is C17H20Cl2FN3O4S. The van der Waals surface area contributed by atoms with Crippen LogP contribution >= 0.6 is 23.2 Å². The van der Waals surface area contributed by atoms with E-state index in [1.165, 1.54) is 0 Å². The van der Waals surface area contributed by atoms with Gasteiger partial charge >= 0.3 is 0 Å². The van der Waals surface area contributed by atoms with Crippen LogP contribution in [-0.4, -0.2) is 43.5 Å². The molecule has 1 aliphatic heterocycles. The van der Waals surface area contributed by atoms with Crippen LogP contribution in [0.3, 0.4) is 0 Å². The SMILES string of the molecule is O=C(NNS(=O)(=O)C1CCN(C(=O)C2CCC2)CC1)c1cc(Cl)cc(Cl)c1F. The molecule has 7 nitrogen and oxygen atoms in total. The van der Waals surface area contributed by atoms with Crippen molar-refractivity contribution < 1.29 is 22.4 Å². The molecule has 1 heterocycles. The molecule has 1 aromatic carbocycles. The Hall–Kier alpha value is -1.42. The summed E-state index contributed by atoms with van der Waals surface area (Å²) in [5.74, 6) is -1.84. The minimum Gasteiger partial charge on any atom is -0.342 e. The number of carbonyl (C=O) groups excluding carboxylic acids is 2. The van der Waals surface area contributed by atoms with E-state index in [0.717, 1.165) is 31.4 Å². The third-order valence-electron chi connectivity index (χ3n) is 5.19. The first-order valence-electron chi connectivity index (χ1n) is 8.93. The molecule has 0 radical (unpaired) electrons. The van der Waals surface area contributed by atoms with Crippen LogP contribution in [0.15, 0.2) is 12.1 Å². The predicted octanol–water partition coefficient (Wildman–Crippen LogP) is 2.49. The molecule has 28 heavy (non-hydrogen) atoms. The summed E-state index contributed by atoms with van der Waals surface area (Å²) in [4.78, 5) is 28.1. The molecule has 2 aliphatic rings. The number of likely N-dealkylation sites (tertiary alicyclic amines) is 1. The standard InChI is InChI=1S/C17H20Cl2FN3O4S/c18-11-8-13(15(20)14(19)9-11)16(24)21-22-28(26,27)12-4-6-23(7-5-12)17(25)10-2-1-3-10/h8-10,12,22H,1-7H2,(H,21,24). The van der Waals surface area contributed by atoms with E-state index < -0.39 is 32.6 Å². The number of rotatable bonds is 5. The lowest BCUT2D eigenvalue weighted by Crippen LogP contribution is -2.51. The predicted molar refractivity (Wildman–Crippen MR) is 103 cm³/mol. The Morgan fingerprint density at radius 3 is 2.32 bits per heavy atom. The molecule has 3 rings (SSSR count). The van der Waals surface area contributed by atoms with E-state index >= 15 is 0 Å². The number of hydrazine groups is 1. The number of nitrogens with zero attached hydrogens (tertiary/aromatic N) is 1. The summed E-state index contributed by atoms with van der Waals surface area (Å²) in [5.41, 5.74) is 1.52. The Labute approximate surface area is 172 Å². The average molecular weight is 452 g/mol. The zero-order valence-corrected chi connectivity index (χ0v) is 17.2. The fraction of sp³-hybridized carbons (Fsp3) is 0.529. The molecule has 2 N–H and O–H groups in total. The van der Waals surface area contributed by atoms with E-state index in [0.29, 0.717) is 13.1 Å². The fourth-order valence-corrected chi connectivity index (χ4v) is 5.02. The van der Waals surface area contributed by atoms with Crippen molar-refractivity contribution in [3.05, 3.63) is 33.6 Å². The first-order valence-corrected chi connectivity index (χ1v) is 11.2. The summed E-state index contributed by atoms with van der Waals surface area (Å²) in [6.45, 7) is 0.709. The van der Waals surface area contributed by atoms with Gasteiger partial charge in [-0.15, -0.1) is 4.83 Å². The second-order valence-corrected chi connectivity index (χ2v) is 9.81. The number of sulfonamides is 1. The van der Waals surface area contributed by atoms with Crippen LogP contribution in [0.25, 0.3) is 0 Å². The number of piperidine rings is 1. The Morgan fingerprint density at radius 1 is 1.11 bits per heavy atom. The molecule has 1 saturated carbocycles. The van der Waals surface area contributed by atoms with E-state index in [4.69, 9.17) is 23.2 Å². The van der Waals surface area contributed by atoms with Crippen molar-refractivity contribution >= 4 is 45.0 Å². The number of hydrogen-bond donors (Lipinski definition) is 2. The van der Waals surface area contributed by atoms with Crippen molar-refractivity contribution in [2.24, 2.45) is 5.92 Å². The van der Waals surface area contributed by atoms with Gasteiger partial charge in [0.15, 0.2) is 5.82 Å². The molecule has 0 aromatic heterocycles. The normalized spacial score (nSPS) is 18.6. The molecule has 2 amide bonds. The second kappa shape index (κ2) is 8.52. The Bertz CT molecular complexity index is 885. The maximum Gasteiger partial charge on any atom is 0.269 e. The largest absolute Gasteiger partial charge is 0.342 e. The molecule has 1 aromatic rings. The first-order chi connectivity index (χ1) is 13.2. The van der Waals surface area contributed by atoms with Crippen molar-refractivity contribution in [1.29, 1.82) is 0 Å². The summed E-state index contributed by atoms with van der Waals surface area (Å²) < 4.78 is 38.8. The van der Waals surface area contributed by atoms with Gasteiger partial charge in [-0.3, -0.25) is 15.0 Å². The zero-order chi connectivity index (χ0) is 20.5. The summed E-state index contributed by atoms with van der Waals surface area (Å²) in [5, 5.41) is -1.06. The topological polar surface area (TPSA) is 95.6 Å². The average Bonchev–Trinajstić information content (AvgIpc) is 2.61. The highest BCUT2D eigenvalue weighted by molar-refractivity contribution is 7.90. The van der Waals surface area contributed by atoms with Gasteiger partial charge in [-0.05, 0) is 37.8 Å². The van der Waals surface area contributed by atoms with Crippen LogP contribution in [-0.2, 0) is 14.8 Å². The molecule has 0 atom stereocenters. The van der Waals surface area contributed by atoms with Gasteiger partial charge in [-0.1, -0.05) is 29.6 Å². The lowest BCUT2D eigenvalue weighted by molar-refractivity contribution is -0.139. The summed E-state index contributed by atoms with van der Waals surface area (Å²) in [6, 6.07) is 2.19. The minimum atomic E-state index is -3.89. The van der Waals surface area contributed by atoms with Crippen molar-refractivity contribution in [1.82, 2.24) is 15.2 Å². The molecule has 2 fully saturated rings. The van der Waals surface area contributed by atoms with Crippen LogP contribution in [0.1, 0.15) is 42.5 Å². The fourth-order valence-electron chi connectivity index (χ4n) is 3.29. The Morgan fingerprint density at radius 2 is 1.75 bits per heavy atom. The number of nitrogens with one attached hydrogen (secondary N) is 2. The summed E-state index contributed by atoms with van der Waals surface area (Å²) >= 11 is 11.4. The quantitative estimate of drug-likeness (QED) is 0.530. The van der Waals surface area contributed by atoms with Crippen molar-refractivity contribution in [3.63, 3.8) is 0 Å². The molecule has 0 bridgehead atoms. The van der Waals surface area contributed by atoms with Crippen LogP contribution < -0.4 is 10.3 Å². The van der Waals surface area contributed by atoms with Gasteiger partial charge in [0.05, 0.1) is 15.8 Å². The van der Waals surface area contributed by atoms with Crippen molar-refractivity contribution in [2.75, 3.05) is 13.1 Å². The minimum absolute atomic E-state index is 0.0444. The molecular weight excluding hydrogens is 432 g/mol. The van der Waals surface area contributed by atoms with E-state index in [1.807, 2.05) is 10.3 Å². The maximum absolute atomic E-state index is 14.0. The lowest BCUT2D eigenvalue weighted by Gasteiger charge is -2.36. The number of amides is 2. The van der Waals surface area contributed by atoms with E-state index in [9.17, 15) is 22.4 Å². The first kappa shape index (κ1) is 21.3. The smallest absolute Gasteiger partial charge is 0.269 e. The molecule has 0 unspecified atom stereocenters. The van der Waals surface area contributed by atoms with E-state index in [-0.39, 0.29) is 34.7 Å². The number of hydrogen-bond acceptors (Lipinski definition) is 4. The molecule has 1 aliphatic carbocycles. The monoisotopic (exact) mass is 451 g/mol. The van der Waals surface area contributed by atoms with Crippen molar-refractivity contribution in [3.8, 4) is 0 Å². The molecule has 154 valence electrons. The van der Waals surface area contributed by atoms with Crippen LogP contribution in [0, 0.1) is 11.7 Å². The Balaban J connectivity index is 1.56. The highest BCUT2D eigenvalue weighted by Gasteiger charge is 2.35. The third-order valence-corrected chi connectivity index (χ3v) is 7.42.